The second kappa shape index (κ2) is 18.2. The lowest BCUT2D eigenvalue weighted by molar-refractivity contribution is -0.106. The summed E-state index contributed by atoms with van der Waals surface area (Å²) in [6, 6.07) is 12.0. The fourth-order valence-corrected chi connectivity index (χ4v) is 10.4. The average Bonchev–Trinajstić information content (AvgIpc) is 3.83. The molecule has 0 amide bonds. The summed E-state index contributed by atoms with van der Waals surface area (Å²) in [7, 11) is 0. The van der Waals surface area contributed by atoms with E-state index in [9.17, 15) is 4.79 Å². The fourth-order valence-electron chi connectivity index (χ4n) is 3.27. The van der Waals surface area contributed by atoms with E-state index in [1.807, 2.05) is 82.7 Å². The van der Waals surface area contributed by atoms with Gasteiger partial charge in [0, 0.05) is 35.8 Å². The summed E-state index contributed by atoms with van der Waals surface area (Å²) >= 11 is 12.7. The highest BCUT2D eigenvalue weighted by atomic mass is 32.3. The van der Waals surface area contributed by atoms with E-state index in [1.165, 1.54) is 6.92 Å². The highest BCUT2D eigenvalue weighted by molar-refractivity contribution is 8.30. The molecule has 0 saturated heterocycles. The van der Waals surface area contributed by atoms with Crippen molar-refractivity contribution < 1.29 is 4.79 Å². The van der Waals surface area contributed by atoms with E-state index in [0.29, 0.717) is 0 Å². The Hall–Kier alpha value is -1.69. The molecule has 0 spiro atoms. The van der Waals surface area contributed by atoms with Gasteiger partial charge in [0.15, 0.2) is 0 Å². The molecule has 5 heterocycles. The van der Waals surface area contributed by atoms with Crippen molar-refractivity contribution in [2.24, 2.45) is 0 Å². The van der Waals surface area contributed by atoms with Crippen LogP contribution < -0.4 is 16.3 Å². The van der Waals surface area contributed by atoms with E-state index in [-0.39, 0.29) is 5.69 Å². The molecule has 0 fully saturated rings. The highest BCUT2D eigenvalue weighted by Crippen LogP contribution is 2.52. The van der Waals surface area contributed by atoms with Crippen molar-refractivity contribution >= 4 is 105 Å². The number of carbonyl (C=O) groups excluding carboxylic acids is 1. The number of allylic oxidation sites excluding steroid dienone is 2. The van der Waals surface area contributed by atoms with Crippen molar-refractivity contribution in [1.82, 2.24) is 17.6 Å². The first-order valence-electron chi connectivity index (χ1n) is 12.5. The number of imidazole rings is 1. The van der Waals surface area contributed by atoms with Crippen LogP contribution in [0.1, 0.15) is 20.8 Å². The minimum atomic E-state index is -0.0622. The van der Waals surface area contributed by atoms with Crippen LogP contribution in [0.4, 0.5) is 5.00 Å². The Bertz CT molecular complexity index is 1520. The Morgan fingerprint density at radius 3 is 1.98 bits per heavy atom. The third kappa shape index (κ3) is 8.70. The van der Waals surface area contributed by atoms with E-state index in [2.05, 4.69) is 31.8 Å². The normalized spacial score (nSPS) is 13.2. The van der Waals surface area contributed by atoms with Crippen LogP contribution >= 0.6 is 93.4 Å². The number of hydrogen-bond donors (Lipinski definition) is 2. The Kier molecular flexibility index (Phi) is 15.1. The van der Waals surface area contributed by atoms with Gasteiger partial charge in [-0.05, 0) is 78.0 Å². The number of aromatic nitrogens is 2. The zero-order chi connectivity index (χ0) is 30.5. The van der Waals surface area contributed by atoms with Gasteiger partial charge < -0.3 is 15.4 Å². The van der Waals surface area contributed by atoms with Crippen LogP contribution in [0.15, 0.2) is 101 Å². The number of anilines is 1. The summed E-state index contributed by atoms with van der Waals surface area (Å²) in [6.45, 7) is 9.28. The molecule has 1 aliphatic heterocycles. The highest BCUT2D eigenvalue weighted by Gasteiger charge is 2.31. The molecule has 1 aliphatic rings. The number of carbonyl (C=O) groups is 1. The summed E-state index contributed by atoms with van der Waals surface area (Å²) in [4.78, 5) is 22.6. The number of thiophene rings is 3. The number of nitrogens with one attached hydrogen (secondary N) is 2. The average molecular weight is 714 g/mol. The van der Waals surface area contributed by atoms with Crippen LogP contribution in [0.3, 0.4) is 0 Å². The van der Waals surface area contributed by atoms with Gasteiger partial charge in [-0.15, -0.1) is 60.6 Å². The quantitative estimate of drug-likeness (QED) is 0.0680. The Morgan fingerprint density at radius 2 is 1.48 bits per heavy atom. The van der Waals surface area contributed by atoms with Crippen molar-refractivity contribution in [2.75, 3.05) is 17.8 Å². The van der Waals surface area contributed by atoms with Crippen molar-refractivity contribution in [2.45, 2.75) is 30.8 Å². The lowest BCUT2D eigenvalue weighted by Gasteiger charge is -2.14. The molecule has 7 nitrogen and oxygen atoms in total. The van der Waals surface area contributed by atoms with E-state index in [0.717, 1.165) is 46.4 Å². The van der Waals surface area contributed by atoms with Gasteiger partial charge in [-0.2, -0.15) is 0 Å². The summed E-state index contributed by atoms with van der Waals surface area (Å²) in [5.41, 5.74) is -0.0622. The van der Waals surface area contributed by atoms with Gasteiger partial charge in [-0.25, -0.2) is 13.9 Å². The lowest BCUT2D eigenvalue weighted by atomic mass is 10.6. The first-order valence-corrected chi connectivity index (χ1v) is 19.9. The molecule has 15 heteroatoms. The molecule has 4 aromatic heterocycles. The smallest absolute Gasteiger partial charge is 0.340 e. The van der Waals surface area contributed by atoms with Gasteiger partial charge >= 0.3 is 5.69 Å². The molecule has 0 atom stereocenters. The van der Waals surface area contributed by atoms with Gasteiger partial charge in [0.25, 0.3) is 0 Å². The molecule has 2 N–H and O–H groups in total. The second-order valence-corrected chi connectivity index (χ2v) is 15.2. The van der Waals surface area contributed by atoms with Crippen LogP contribution in [-0.2, 0) is 4.79 Å². The Balaban J connectivity index is 0.000000910. The molecule has 4 aromatic rings. The van der Waals surface area contributed by atoms with Crippen LogP contribution in [-0.4, -0.2) is 31.0 Å². The standard InChI is InChI=1S/C23H21N5OS8.C2H4O.C2H6/c1-4-8-15(30-2)24-19-20(25-16-9-5-12-32-16)36-28(35-19)37-22-21(31-3)26(17-10-6-13-33-17)23(29)27(22)18-11-7-14-34-18;1-2-3;1-2/h4-14,24-25H,1H2,2-3H3;2H,1H3;1-2H3/b15-8-;;. The molecule has 0 unspecified atom stereocenters. The molecular formula is C27H31N5O2S8. The molecule has 0 aromatic carbocycles. The number of nitrogens with zero attached hydrogens (tertiary/aromatic N) is 3. The van der Waals surface area contributed by atoms with E-state index < -0.39 is 0 Å². The zero-order valence-corrected chi connectivity index (χ0v) is 30.1. The molecule has 0 aliphatic carbocycles. The Labute approximate surface area is 280 Å². The lowest BCUT2D eigenvalue weighted by Crippen LogP contribution is -2.21. The molecule has 0 bridgehead atoms. The van der Waals surface area contributed by atoms with Gasteiger partial charge in [-0.3, -0.25) is 0 Å². The second-order valence-electron chi connectivity index (χ2n) is 7.26. The minimum Gasteiger partial charge on any atom is -0.342 e. The van der Waals surface area contributed by atoms with Crippen LogP contribution in [0, 0.1) is 0 Å². The zero-order valence-electron chi connectivity index (χ0n) is 23.6. The maximum Gasteiger partial charge on any atom is 0.340 e. The molecule has 5 rings (SSSR count). The van der Waals surface area contributed by atoms with E-state index >= 15 is 0 Å². The summed E-state index contributed by atoms with van der Waals surface area (Å²) in [6.07, 6.45) is 8.55. The van der Waals surface area contributed by atoms with Gasteiger partial charge in [0.2, 0.25) is 0 Å². The molecule has 224 valence electrons. The summed E-state index contributed by atoms with van der Waals surface area (Å²) in [5, 5.41) is 20.8. The SMILES string of the molecule is C=C/C=C(/NC1=C(Nc2cccs2)SN(Sc2c(SC)n(-c3cccs3)c(=O)n2-c2cccs2)S1)SC.CC.CC=O. The van der Waals surface area contributed by atoms with Crippen molar-refractivity contribution in [1.29, 1.82) is 0 Å². The first-order chi connectivity index (χ1) is 20.5. The third-order valence-corrected chi connectivity index (χ3v) is 12.3. The number of aldehydes is 1. The predicted octanol–water partition coefficient (Wildman–Crippen LogP) is 9.60. The van der Waals surface area contributed by atoms with Gasteiger partial charge in [-0.1, -0.05) is 26.5 Å². The first kappa shape index (κ1) is 34.8. The van der Waals surface area contributed by atoms with Gasteiger partial charge in [0.05, 0.1) is 10.0 Å². The van der Waals surface area contributed by atoms with Crippen molar-refractivity contribution in [3.63, 3.8) is 0 Å². The molecule has 42 heavy (non-hydrogen) atoms. The monoisotopic (exact) mass is 713 g/mol. The number of hydrogen-bond acceptors (Lipinski definition) is 13. The Morgan fingerprint density at radius 1 is 0.905 bits per heavy atom. The van der Waals surface area contributed by atoms with E-state index in [4.69, 9.17) is 4.79 Å². The van der Waals surface area contributed by atoms with E-state index in [1.54, 1.807) is 99.5 Å². The molecular weight excluding hydrogens is 683 g/mol. The number of rotatable bonds is 11. The summed E-state index contributed by atoms with van der Waals surface area (Å²) < 4.78 is 5.77. The number of thioether (sulfide) groups is 2. The van der Waals surface area contributed by atoms with Crippen molar-refractivity contribution in [3.8, 4) is 10.0 Å². The maximum atomic E-state index is 13.8. The molecule has 0 radical (unpaired) electrons. The topological polar surface area (TPSA) is 71.3 Å². The van der Waals surface area contributed by atoms with Gasteiger partial charge in [0.1, 0.15) is 36.4 Å². The fraction of sp³-hybridized carbons (Fsp3) is 0.185. The minimum absolute atomic E-state index is 0.0622. The third-order valence-electron chi connectivity index (χ3n) is 4.80. The predicted molar refractivity (Wildman–Crippen MR) is 195 cm³/mol. The van der Waals surface area contributed by atoms with Crippen LogP contribution in [0.25, 0.3) is 10.0 Å². The summed E-state index contributed by atoms with van der Waals surface area (Å²) in [5.74, 6) is 0. The van der Waals surface area contributed by atoms with Crippen LogP contribution in [0.2, 0.25) is 0 Å². The maximum absolute atomic E-state index is 13.8. The molecule has 0 saturated carbocycles. The largest absolute Gasteiger partial charge is 0.342 e. The van der Waals surface area contributed by atoms with Crippen molar-refractivity contribution in [3.05, 3.63) is 96.8 Å². The van der Waals surface area contributed by atoms with Crippen LogP contribution in [0.5, 0.6) is 0 Å².